The first kappa shape index (κ1) is 11.4. The first-order valence-corrected chi connectivity index (χ1v) is 5.61. The third-order valence-electron chi connectivity index (χ3n) is 3.00. The summed E-state index contributed by atoms with van der Waals surface area (Å²) in [6.07, 6.45) is 8.19. The molecular weight excluding hydrogens is 174 g/mol. The SMILES string of the molecule is CC/C=C/CC1C(=O)CCC1CNC. The van der Waals surface area contributed by atoms with Gasteiger partial charge in [-0.25, -0.2) is 0 Å². The highest BCUT2D eigenvalue weighted by Crippen LogP contribution is 2.31. The predicted octanol–water partition coefficient (Wildman–Crippen LogP) is 2.16. The Hall–Kier alpha value is -0.630. The van der Waals surface area contributed by atoms with E-state index in [0.29, 0.717) is 11.7 Å². The van der Waals surface area contributed by atoms with E-state index < -0.39 is 0 Å². The van der Waals surface area contributed by atoms with Crippen molar-refractivity contribution in [1.29, 1.82) is 0 Å². The summed E-state index contributed by atoms with van der Waals surface area (Å²) in [7, 11) is 1.96. The van der Waals surface area contributed by atoms with Gasteiger partial charge in [-0.1, -0.05) is 19.1 Å². The summed E-state index contributed by atoms with van der Waals surface area (Å²) in [6.45, 7) is 3.11. The second kappa shape index (κ2) is 5.97. The minimum absolute atomic E-state index is 0.283. The number of hydrogen-bond acceptors (Lipinski definition) is 2. The van der Waals surface area contributed by atoms with Gasteiger partial charge in [0.25, 0.3) is 0 Å². The molecular formula is C12H21NO. The Labute approximate surface area is 86.8 Å². The first-order valence-electron chi connectivity index (χ1n) is 5.61. The number of ketones is 1. The summed E-state index contributed by atoms with van der Waals surface area (Å²) in [5.74, 6) is 1.31. The van der Waals surface area contributed by atoms with Gasteiger partial charge < -0.3 is 5.32 Å². The number of carbonyl (C=O) groups excluding carboxylic acids is 1. The first-order chi connectivity index (χ1) is 6.79. The van der Waals surface area contributed by atoms with E-state index in [1.54, 1.807) is 0 Å². The van der Waals surface area contributed by atoms with E-state index >= 15 is 0 Å². The van der Waals surface area contributed by atoms with Gasteiger partial charge in [-0.2, -0.15) is 0 Å². The Balaban J connectivity index is 2.44. The summed E-state index contributed by atoms with van der Waals surface area (Å²) in [5.41, 5.74) is 0. The lowest BCUT2D eigenvalue weighted by molar-refractivity contribution is -0.121. The second-order valence-corrected chi connectivity index (χ2v) is 4.04. The molecule has 0 aromatic carbocycles. The largest absolute Gasteiger partial charge is 0.319 e. The molecule has 0 radical (unpaired) electrons. The normalized spacial score (nSPS) is 27.7. The average molecular weight is 195 g/mol. The fraction of sp³-hybridized carbons (Fsp3) is 0.750. The van der Waals surface area contributed by atoms with Crippen molar-refractivity contribution in [3.63, 3.8) is 0 Å². The maximum atomic E-state index is 11.6. The highest BCUT2D eigenvalue weighted by molar-refractivity contribution is 5.83. The van der Waals surface area contributed by atoms with E-state index in [1.807, 2.05) is 7.05 Å². The van der Waals surface area contributed by atoms with Crippen LogP contribution in [0, 0.1) is 11.8 Å². The van der Waals surface area contributed by atoms with Crippen LogP contribution in [0.15, 0.2) is 12.2 Å². The zero-order chi connectivity index (χ0) is 10.4. The molecule has 0 aliphatic heterocycles. The van der Waals surface area contributed by atoms with Crippen LogP contribution in [0.3, 0.4) is 0 Å². The van der Waals surface area contributed by atoms with Crippen LogP contribution < -0.4 is 5.32 Å². The smallest absolute Gasteiger partial charge is 0.136 e. The maximum absolute atomic E-state index is 11.6. The van der Waals surface area contributed by atoms with Crippen LogP contribution in [-0.4, -0.2) is 19.4 Å². The Morgan fingerprint density at radius 2 is 2.29 bits per heavy atom. The van der Waals surface area contributed by atoms with Crippen molar-refractivity contribution < 1.29 is 4.79 Å². The lowest BCUT2D eigenvalue weighted by Crippen LogP contribution is -2.24. The number of rotatable bonds is 5. The van der Waals surface area contributed by atoms with Gasteiger partial charge in [0.15, 0.2) is 0 Å². The zero-order valence-electron chi connectivity index (χ0n) is 9.25. The fourth-order valence-corrected chi connectivity index (χ4v) is 2.22. The number of allylic oxidation sites excluding steroid dienone is 2. The lowest BCUT2D eigenvalue weighted by Gasteiger charge is -2.15. The van der Waals surface area contributed by atoms with Crippen molar-refractivity contribution >= 4 is 5.78 Å². The molecule has 0 amide bonds. The van der Waals surface area contributed by atoms with Gasteiger partial charge in [0.1, 0.15) is 5.78 Å². The molecule has 0 bridgehead atoms. The predicted molar refractivity (Wildman–Crippen MR) is 59.2 cm³/mol. The van der Waals surface area contributed by atoms with Crippen LogP contribution in [0.2, 0.25) is 0 Å². The van der Waals surface area contributed by atoms with E-state index in [1.165, 1.54) is 0 Å². The molecule has 0 saturated heterocycles. The van der Waals surface area contributed by atoms with Crippen molar-refractivity contribution in [2.24, 2.45) is 11.8 Å². The number of carbonyl (C=O) groups is 1. The van der Waals surface area contributed by atoms with Gasteiger partial charge in [-0.05, 0) is 38.8 Å². The standard InChI is InChI=1S/C12H21NO/c1-3-4-5-6-11-10(9-13-2)7-8-12(11)14/h4-5,10-11,13H,3,6-9H2,1-2H3/b5-4+. The highest BCUT2D eigenvalue weighted by Gasteiger charge is 2.32. The third kappa shape index (κ3) is 2.95. The molecule has 80 valence electrons. The van der Waals surface area contributed by atoms with Crippen molar-refractivity contribution in [2.75, 3.05) is 13.6 Å². The molecule has 2 nitrogen and oxygen atoms in total. The summed E-state index contributed by atoms with van der Waals surface area (Å²) >= 11 is 0. The molecule has 1 saturated carbocycles. The quantitative estimate of drug-likeness (QED) is 0.681. The summed E-state index contributed by atoms with van der Waals surface area (Å²) in [6, 6.07) is 0. The van der Waals surface area contributed by atoms with Gasteiger partial charge in [-0.15, -0.1) is 0 Å². The van der Waals surface area contributed by atoms with E-state index in [9.17, 15) is 4.79 Å². The van der Waals surface area contributed by atoms with Crippen LogP contribution in [-0.2, 0) is 4.79 Å². The molecule has 2 unspecified atom stereocenters. The second-order valence-electron chi connectivity index (χ2n) is 4.04. The van der Waals surface area contributed by atoms with Crippen LogP contribution >= 0.6 is 0 Å². The zero-order valence-corrected chi connectivity index (χ0v) is 9.25. The molecule has 1 N–H and O–H groups in total. The summed E-state index contributed by atoms with van der Waals surface area (Å²) < 4.78 is 0. The molecule has 1 rings (SSSR count). The monoisotopic (exact) mass is 195 g/mol. The van der Waals surface area contributed by atoms with Crippen LogP contribution in [0.1, 0.15) is 32.6 Å². The molecule has 14 heavy (non-hydrogen) atoms. The molecule has 1 fully saturated rings. The lowest BCUT2D eigenvalue weighted by atomic mass is 9.92. The van der Waals surface area contributed by atoms with Crippen LogP contribution in [0.4, 0.5) is 0 Å². The molecule has 1 aliphatic carbocycles. The van der Waals surface area contributed by atoms with Crippen molar-refractivity contribution in [3.8, 4) is 0 Å². The van der Waals surface area contributed by atoms with Gasteiger partial charge in [0, 0.05) is 12.3 Å². The summed E-state index contributed by atoms with van der Waals surface area (Å²) in [4.78, 5) is 11.6. The Bertz CT molecular complexity index is 210. The van der Waals surface area contributed by atoms with Crippen molar-refractivity contribution in [3.05, 3.63) is 12.2 Å². The van der Waals surface area contributed by atoms with Gasteiger partial charge in [0.2, 0.25) is 0 Å². The van der Waals surface area contributed by atoms with E-state index in [4.69, 9.17) is 0 Å². The van der Waals surface area contributed by atoms with Crippen molar-refractivity contribution in [2.45, 2.75) is 32.6 Å². The topological polar surface area (TPSA) is 29.1 Å². The molecule has 0 spiro atoms. The fourth-order valence-electron chi connectivity index (χ4n) is 2.22. The van der Waals surface area contributed by atoms with Gasteiger partial charge in [-0.3, -0.25) is 4.79 Å². The van der Waals surface area contributed by atoms with Crippen molar-refractivity contribution in [1.82, 2.24) is 5.32 Å². The molecule has 0 aromatic heterocycles. The van der Waals surface area contributed by atoms with Crippen LogP contribution in [0.25, 0.3) is 0 Å². The molecule has 0 aromatic rings. The summed E-state index contributed by atoms with van der Waals surface area (Å²) in [5, 5.41) is 3.17. The average Bonchev–Trinajstić information content (AvgIpc) is 2.50. The molecule has 0 heterocycles. The molecule has 1 aliphatic rings. The highest BCUT2D eigenvalue weighted by atomic mass is 16.1. The Morgan fingerprint density at radius 1 is 1.50 bits per heavy atom. The van der Waals surface area contributed by atoms with Gasteiger partial charge >= 0.3 is 0 Å². The van der Waals surface area contributed by atoms with E-state index in [0.717, 1.165) is 32.2 Å². The molecule has 2 heteroatoms. The van der Waals surface area contributed by atoms with E-state index in [2.05, 4.69) is 24.4 Å². The van der Waals surface area contributed by atoms with E-state index in [-0.39, 0.29) is 5.92 Å². The Kier molecular flexibility index (Phi) is 4.88. The number of Topliss-reactive ketones (excluding diaryl/α,β-unsaturated/α-hetero) is 1. The minimum atomic E-state index is 0.283. The number of nitrogens with one attached hydrogen (secondary N) is 1. The Morgan fingerprint density at radius 3 is 2.93 bits per heavy atom. The maximum Gasteiger partial charge on any atom is 0.136 e. The van der Waals surface area contributed by atoms with Crippen LogP contribution in [0.5, 0.6) is 0 Å². The van der Waals surface area contributed by atoms with Gasteiger partial charge in [0.05, 0.1) is 0 Å². The molecule has 2 atom stereocenters. The third-order valence-corrected chi connectivity index (χ3v) is 3.00. The minimum Gasteiger partial charge on any atom is -0.319 e. The number of hydrogen-bond donors (Lipinski definition) is 1.